The van der Waals surface area contributed by atoms with E-state index in [0.717, 1.165) is 27.7 Å². The molecule has 88 valence electrons. The lowest BCUT2D eigenvalue weighted by Crippen LogP contribution is -1.93. The zero-order valence-corrected chi connectivity index (χ0v) is 10.0. The SMILES string of the molecule is CSc1c(-c2cc(N)n[nH]2)ccc2c1OCO2. The van der Waals surface area contributed by atoms with E-state index in [1.54, 1.807) is 17.8 Å². The van der Waals surface area contributed by atoms with E-state index in [1.807, 2.05) is 18.4 Å². The smallest absolute Gasteiger partial charge is 0.231 e. The van der Waals surface area contributed by atoms with Gasteiger partial charge in [-0.3, -0.25) is 5.10 Å². The Bertz CT molecular complexity index is 568. The number of fused-ring (bicyclic) bond motifs is 1. The molecule has 2 heterocycles. The molecule has 0 radical (unpaired) electrons. The predicted molar refractivity (Wildman–Crippen MR) is 66.3 cm³/mol. The minimum Gasteiger partial charge on any atom is -0.454 e. The van der Waals surface area contributed by atoms with E-state index in [2.05, 4.69) is 10.2 Å². The molecular formula is C11H11N3O2S. The van der Waals surface area contributed by atoms with Gasteiger partial charge in [0.2, 0.25) is 6.79 Å². The van der Waals surface area contributed by atoms with Gasteiger partial charge in [0.25, 0.3) is 0 Å². The quantitative estimate of drug-likeness (QED) is 0.797. The summed E-state index contributed by atoms with van der Waals surface area (Å²) in [6, 6.07) is 5.68. The largest absolute Gasteiger partial charge is 0.454 e. The summed E-state index contributed by atoms with van der Waals surface area (Å²) in [6.45, 7) is 0.275. The molecule has 1 aliphatic heterocycles. The van der Waals surface area contributed by atoms with E-state index in [0.29, 0.717) is 5.82 Å². The van der Waals surface area contributed by atoms with Crippen LogP contribution >= 0.6 is 11.8 Å². The molecule has 2 aromatic rings. The second-order valence-corrected chi connectivity index (χ2v) is 4.40. The van der Waals surface area contributed by atoms with Crippen LogP contribution in [0.2, 0.25) is 0 Å². The van der Waals surface area contributed by atoms with Crippen LogP contribution in [0, 0.1) is 0 Å². The highest BCUT2D eigenvalue weighted by Gasteiger charge is 2.21. The molecule has 0 bridgehead atoms. The van der Waals surface area contributed by atoms with E-state index in [-0.39, 0.29) is 6.79 Å². The van der Waals surface area contributed by atoms with Crippen molar-refractivity contribution >= 4 is 17.6 Å². The molecule has 0 spiro atoms. The normalized spacial score (nSPS) is 13.0. The first kappa shape index (κ1) is 10.3. The van der Waals surface area contributed by atoms with Gasteiger partial charge < -0.3 is 15.2 Å². The van der Waals surface area contributed by atoms with Crippen molar-refractivity contribution in [2.45, 2.75) is 4.90 Å². The van der Waals surface area contributed by atoms with Gasteiger partial charge in [-0.2, -0.15) is 5.10 Å². The average Bonchev–Trinajstić information content (AvgIpc) is 2.95. The van der Waals surface area contributed by atoms with Gasteiger partial charge in [-0.15, -0.1) is 11.8 Å². The number of nitrogens with one attached hydrogen (secondary N) is 1. The van der Waals surface area contributed by atoms with Crippen LogP contribution in [0.1, 0.15) is 0 Å². The number of ether oxygens (including phenoxy) is 2. The van der Waals surface area contributed by atoms with Crippen molar-refractivity contribution in [2.24, 2.45) is 0 Å². The lowest BCUT2D eigenvalue weighted by molar-refractivity contribution is 0.172. The second kappa shape index (κ2) is 3.89. The summed E-state index contributed by atoms with van der Waals surface area (Å²) < 4.78 is 10.8. The van der Waals surface area contributed by atoms with Gasteiger partial charge in [0.05, 0.1) is 10.6 Å². The number of H-pyrrole nitrogens is 1. The highest BCUT2D eigenvalue weighted by atomic mass is 32.2. The van der Waals surface area contributed by atoms with Crippen molar-refractivity contribution in [3.05, 3.63) is 18.2 Å². The van der Waals surface area contributed by atoms with E-state index in [9.17, 15) is 0 Å². The monoisotopic (exact) mass is 249 g/mol. The minimum atomic E-state index is 0.275. The molecule has 0 unspecified atom stereocenters. The average molecular weight is 249 g/mol. The third kappa shape index (κ3) is 1.61. The number of nitrogen functional groups attached to an aromatic ring is 1. The standard InChI is InChI=1S/C11H11N3O2S/c1-17-11-6(7-4-9(12)14-13-7)2-3-8-10(11)16-5-15-8/h2-4H,5H2,1H3,(H3,12,13,14). The van der Waals surface area contributed by atoms with E-state index < -0.39 is 0 Å². The zero-order chi connectivity index (χ0) is 11.8. The lowest BCUT2D eigenvalue weighted by atomic mass is 10.1. The number of aromatic amines is 1. The van der Waals surface area contributed by atoms with Crippen LogP contribution in [-0.4, -0.2) is 23.2 Å². The molecule has 0 fully saturated rings. The maximum absolute atomic E-state index is 5.62. The van der Waals surface area contributed by atoms with Crippen LogP contribution in [0.4, 0.5) is 5.82 Å². The van der Waals surface area contributed by atoms with Crippen molar-refractivity contribution in [3.63, 3.8) is 0 Å². The molecule has 17 heavy (non-hydrogen) atoms. The summed E-state index contributed by atoms with van der Waals surface area (Å²) in [7, 11) is 0. The van der Waals surface area contributed by atoms with Gasteiger partial charge >= 0.3 is 0 Å². The number of rotatable bonds is 2. The summed E-state index contributed by atoms with van der Waals surface area (Å²) in [5.74, 6) is 2.05. The van der Waals surface area contributed by atoms with Gasteiger partial charge in [-0.05, 0) is 18.4 Å². The number of nitrogens with zero attached hydrogens (tertiary/aromatic N) is 1. The number of hydrogen-bond acceptors (Lipinski definition) is 5. The fourth-order valence-corrected chi connectivity index (χ4v) is 2.58. The van der Waals surface area contributed by atoms with Crippen molar-refractivity contribution in [2.75, 3.05) is 18.8 Å². The highest BCUT2D eigenvalue weighted by molar-refractivity contribution is 7.98. The van der Waals surface area contributed by atoms with Crippen LogP contribution in [0.3, 0.4) is 0 Å². The number of benzene rings is 1. The number of thioether (sulfide) groups is 1. The van der Waals surface area contributed by atoms with Crippen molar-refractivity contribution in [1.29, 1.82) is 0 Å². The molecule has 0 saturated carbocycles. The Balaban J connectivity index is 2.17. The number of anilines is 1. The number of aromatic nitrogens is 2. The highest BCUT2D eigenvalue weighted by Crippen LogP contribution is 2.45. The topological polar surface area (TPSA) is 73.2 Å². The molecule has 1 aromatic heterocycles. The molecule has 6 heteroatoms. The summed E-state index contributed by atoms with van der Waals surface area (Å²) in [5, 5.41) is 6.84. The Labute approximate surface area is 102 Å². The van der Waals surface area contributed by atoms with Crippen LogP contribution in [-0.2, 0) is 0 Å². The fourth-order valence-electron chi connectivity index (χ4n) is 1.84. The van der Waals surface area contributed by atoms with Gasteiger partial charge in [0.1, 0.15) is 5.82 Å². The summed E-state index contributed by atoms with van der Waals surface area (Å²) in [4.78, 5) is 1.03. The molecule has 0 amide bonds. The third-order valence-electron chi connectivity index (χ3n) is 2.59. The predicted octanol–water partition coefficient (Wildman–Crippen LogP) is 2.11. The van der Waals surface area contributed by atoms with E-state index >= 15 is 0 Å². The van der Waals surface area contributed by atoms with E-state index in [1.165, 1.54) is 0 Å². The Hall–Kier alpha value is -1.82. The first-order valence-corrected chi connectivity index (χ1v) is 6.30. The second-order valence-electron chi connectivity index (χ2n) is 3.59. The molecule has 0 saturated heterocycles. The van der Waals surface area contributed by atoms with Gasteiger partial charge in [0.15, 0.2) is 11.5 Å². The summed E-state index contributed by atoms with van der Waals surface area (Å²) >= 11 is 1.61. The van der Waals surface area contributed by atoms with Crippen molar-refractivity contribution < 1.29 is 9.47 Å². The lowest BCUT2D eigenvalue weighted by Gasteiger charge is -2.08. The molecule has 5 nitrogen and oxygen atoms in total. The van der Waals surface area contributed by atoms with E-state index in [4.69, 9.17) is 15.2 Å². The maximum atomic E-state index is 5.62. The van der Waals surface area contributed by atoms with Gasteiger partial charge in [-0.25, -0.2) is 0 Å². The molecule has 0 aliphatic carbocycles. The number of hydrogen-bond donors (Lipinski definition) is 2. The molecular weight excluding hydrogens is 238 g/mol. The van der Waals surface area contributed by atoms with Crippen molar-refractivity contribution in [3.8, 4) is 22.8 Å². The Kier molecular flexibility index (Phi) is 2.36. The third-order valence-corrected chi connectivity index (χ3v) is 3.40. The van der Waals surface area contributed by atoms with Gasteiger partial charge in [0, 0.05) is 11.6 Å². The molecule has 0 atom stereocenters. The fraction of sp³-hybridized carbons (Fsp3) is 0.182. The molecule has 3 rings (SSSR count). The molecule has 1 aliphatic rings. The summed E-state index contributed by atoms with van der Waals surface area (Å²) in [5.41, 5.74) is 7.51. The van der Waals surface area contributed by atoms with Crippen LogP contribution in [0.5, 0.6) is 11.5 Å². The molecule has 1 aromatic carbocycles. The molecule has 3 N–H and O–H groups in total. The maximum Gasteiger partial charge on any atom is 0.231 e. The van der Waals surface area contributed by atoms with Crippen LogP contribution in [0.15, 0.2) is 23.1 Å². The van der Waals surface area contributed by atoms with Crippen molar-refractivity contribution in [1.82, 2.24) is 10.2 Å². The Morgan fingerprint density at radius 1 is 1.41 bits per heavy atom. The summed E-state index contributed by atoms with van der Waals surface area (Å²) in [6.07, 6.45) is 2.00. The Morgan fingerprint density at radius 3 is 3.00 bits per heavy atom. The van der Waals surface area contributed by atoms with Crippen LogP contribution in [0.25, 0.3) is 11.3 Å². The number of nitrogens with two attached hydrogens (primary N) is 1. The minimum absolute atomic E-state index is 0.275. The first-order chi connectivity index (χ1) is 8.29. The zero-order valence-electron chi connectivity index (χ0n) is 9.19. The first-order valence-electron chi connectivity index (χ1n) is 5.07. The van der Waals surface area contributed by atoms with Gasteiger partial charge in [-0.1, -0.05) is 0 Å². The van der Waals surface area contributed by atoms with Crippen LogP contribution < -0.4 is 15.2 Å². The Morgan fingerprint density at radius 2 is 2.29 bits per heavy atom.